The third-order valence-electron chi connectivity index (χ3n) is 6.28. The molecule has 138 valence electrons. The van der Waals surface area contributed by atoms with Crippen LogP contribution in [0.1, 0.15) is 50.5 Å². The molecule has 1 aromatic rings. The summed E-state index contributed by atoms with van der Waals surface area (Å²) in [6.45, 7) is 4.78. The van der Waals surface area contributed by atoms with Gasteiger partial charge in [-0.25, -0.2) is 0 Å². The molecule has 0 amide bonds. The lowest BCUT2D eigenvalue weighted by Gasteiger charge is -2.43. The van der Waals surface area contributed by atoms with E-state index in [0.717, 1.165) is 37.8 Å². The van der Waals surface area contributed by atoms with Crippen LogP contribution in [0.15, 0.2) is 24.3 Å². The van der Waals surface area contributed by atoms with Gasteiger partial charge in [0.25, 0.3) is 0 Å². The summed E-state index contributed by atoms with van der Waals surface area (Å²) >= 11 is 0. The SMILES string of the molecule is OCC[C@H]1CN2CCCC2CN1Cc1ccc(OC2CCCC2)cc1. The van der Waals surface area contributed by atoms with E-state index in [1.165, 1.54) is 50.6 Å². The van der Waals surface area contributed by atoms with E-state index in [1.807, 2.05) is 0 Å². The molecule has 4 rings (SSSR count). The molecule has 0 aromatic heterocycles. The predicted molar refractivity (Wildman–Crippen MR) is 99.8 cm³/mol. The second-order valence-corrected chi connectivity index (χ2v) is 8.05. The summed E-state index contributed by atoms with van der Waals surface area (Å²) in [5.41, 5.74) is 1.35. The zero-order valence-electron chi connectivity index (χ0n) is 15.3. The van der Waals surface area contributed by atoms with Crippen LogP contribution in [0, 0.1) is 0 Å². The Bertz CT molecular complexity index is 541. The minimum absolute atomic E-state index is 0.286. The Morgan fingerprint density at radius 1 is 1.00 bits per heavy atom. The van der Waals surface area contributed by atoms with Crippen molar-refractivity contribution in [1.82, 2.24) is 9.80 Å². The summed E-state index contributed by atoms with van der Waals surface area (Å²) in [7, 11) is 0. The van der Waals surface area contributed by atoms with Gasteiger partial charge in [-0.2, -0.15) is 0 Å². The van der Waals surface area contributed by atoms with Crippen molar-refractivity contribution in [3.05, 3.63) is 29.8 Å². The molecule has 1 N–H and O–H groups in total. The second kappa shape index (κ2) is 8.07. The van der Waals surface area contributed by atoms with Crippen molar-refractivity contribution in [3.8, 4) is 5.75 Å². The van der Waals surface area contributed by atoms with Crippen LogP contribution in [-0.2, 0) is 6.54 Å². The molecule has 2 atom stereocenters. The molecule has 4 nitrogen and oxygen atoms in total. The number of nitrogens with zero attached hydrogens (tertiary/aromatic N) is 2. The fraction of sp³-hybridized carbons (Fsp3) is 0.714. The first-order chi connectivity index (χ1) is 12.3. The number of rotatable bonds is 6. The van der Waals surface area contributed by atoms with Crippen LogP contribution in [0.3, 0.4) is 0 Å². The molecule has 0 spiro atoms. The Morgan fingerprint density at radius 2 is 1.80 bits per heavy atom. The average molecular weight is 344 g/mol. The highest BCUT2D eigenvalue weighted by molar-refractivity contribution is 5.27. The van der Waals surface area contributed by atoms with E-state index in [4.69, 9.17) is 4.74 Å². The first-order valence-corrected chi connectivity index (χ1v) is 10.2. The fourth-order valence-electron chi connectivity index (χ4n) is 4.87. The molecule has 2 saturated heterocycles. The molecular formula is C21H32N2O2. The maximum absolute atomic E-state index is 9.45. The van der Waals surface area contributed by atoms with E-state index in [1.54, 1.807) is 0 Å². The molecule has 2 aliphatic heterocycles. The van der Waals surface area contributed by atoms with Gasteiger partial charge in [0.15, 0.2) is 0 Å². The number of benzene rings is 1. The number of fused-ring (bicyclic) bond motifs is 1. The summed E-state index contributed by atoms with van der Waals surface area (Å²) in [4.78, 5) is 5.23. The Balaban J connectivity index is 1.37. The molecule has 1 aromatic carbocycles. The molecular weight excluding hydrogens is 312 g/mol. The van der Waals surface area contributed by atoms with Gasteiger partial charge in [-0.3, -0.25) is 9.80 Å². The van der Waals surface area contributed by atoms with Crippen LogP contribution in [0.4, 0.5) is 0 Å². The van der Waals surface area contributed by atoms with Crippen molar-refractivity contribution in [2.75, 3.05) is 26.2 Å². The molecule has 0 radical (unpaired) electrons. The molecule has 3 aliphatic rings. The topological polar surface area (TPSA) is 35.9 Å². The van der Waals surface area contributed by atoms with Crippen molar-refractivity contribution in [2.45, 2.75) is 69.7 Å². The van der Waals surface area contributed by atoms with Crippen molar-refractivity contribution in [1.29, 1.82) is 0 Å². The zero-order valence-corrected chi connectivity index (χ0v) is 15.3. The number of hydrogen-bond acceptors (Lipinski definition) is 4. The van der Waals surface area contributed by atoms with Gasteiger partial charge in [0, 0.05) is 38.3 Å². The summed E-state index contributed by atoms with van der Waals surface area (Å²) in [6, 6.07) is 9.93. The van der Waals surface area contributed by atoms with E-state index in [0.29, 0.717) is 12.1 Å². The highest BCUT2D eigenvalue weighted by Crippen LogP contribution is 2.28. The standard InChI is InChI=1S/C21H32N2O2/c24-13-11-19-15-22-12-3-4-18(22)16-23(19)14-17-7-9-21(10-8-17)25-20-5-1-2-6-20/h7-10,18-20,24H,1-6,11-16H2/t18?,19-/m0/s1. The number of aliphatic hydroxyl groups is 1. The summed E-state index contributed by atoms with van der Waals surface area (Å²) in [5.74, 6) is 1.02. The molecule has 1 aliphatic carbocycles. The molecule has 1 unspecified atom stereocenters. The lowest BCUT2D eigenvalue weighted by atomic mass is 10.0. The highest BCUT2D eigenvalue weighted by Gasteiger charge is 2.35. The van der Waals surface area contributed by atoms with Gasteiger partial charge in [0.1, 0.15) is 5.75 Å². The molecule has 0 bridgehead atoms. The number of hydrogen-bond donors (Lipinski definition) is 1. The van der Waals surface area contributed by atoms with E-state index < -0.39 is 0 Å². The van der Waals surface area contributed by atoms with Gasteiger partial charge in [0.2, 0.25) is 0 Å². The van der Waals surface area contributed by atoms with E-state index in [9.17, 15) is 5.11 Å². The minimum Gasteiger partial charge on any atom is -0.490 e. The lowest BCUT2D eigenvalue weighted by molar-refractivity contribution is 0.0333. The number of ether oxygens (including phenoxy) is 1. The maximum atomic E-state index is 9.45. The molecule has 2 heterocycles. The third-order valence-corrected chi connectivity index (χ3v) is 6.28. The Morgan fingerprint density at radius 3 is 2.56 bits per heavy atom. The Labute approximate surface area is 151 Å². The van der Waals surface area contributed by atoms with Crippen LogP contribution in [0.5, 0.6) is 5.75 Å². The van der Waals surface area contributed by atoms with Crippen LogP contribution in [-0.4, -0.2) is 59.3 Å². The van der Waals surface area contributed by atoms with Crippen LogP contribution in [0.2, 0.25) is 0 Å². The summed E-state index contributed by atoms with van der Waals surface area (Å²) < 4.78 is 6.08. The summed E-state index contributed by atoms with van der Waals surface area (Å²) in [6.07, 6.45) is 8.99. The average Bonchev–Trinajstić information content (AvgIpc) is 3.28. The first-order valence-electron chi connectivity index (χ1n) is 10.2. The van der Waals surface area contributed by atoms with Gasteiger partial charge < -0.3 is 9.84 Å². The van der Waals surface area contributed by atoms with Crippen LogP contribution in [0.25, 0.3) is 0 Å². The Kier molecular flexibility index (Phi) is 5.59. The summed E-state index contributed by atoms with van der Waals surface area (Å²) in [5, 5.41) is 9.45. The van der Waals surface area contributed by atoms with Crippen molar-refractivity contribution in [2.24, 2.45) is 0 Å². The van der Waals surface area contributed by atoms with E-state index in [-0.39, 0.29) is 6.61 Å². The Hall–Kier alpha value is -1.10. The molecule has 3 fully saturated rings. The van der Waals surface area contributed by atoms with Gasteiger partial charge >= 0.3 is 0 Å². The lowest BCUT2D eigenvalue weighted by Crippen LogP contribution is -2.55. The monoisotopic (exact) mass is 344 g/mol. The van der Waals surface area contributed by atoms with Crippen LogP contribution >= 0.6 is 0 Å². The zero-order chi connectivity index (χ0) is 17.1. The van der Waals surface area contributed by atoms with Gasteiger partial charge in [0.05, 0.1) is 6.10 Å². The third kappa shape index (κ3) is 4.18. The second-order valence-electron chi connectivity index (χ2n) is 8.05. The minimum atomic E-state index is 0.286. The first kappa shape index (κ1) is 17.3. The van der Waals surface area contributed by atoms with Crippen molar-refractivity contribution >= 4 is 0 Å². The highest BCUT2D eigenvalue weighted by atomic mass is 16.5. The quantitative estimate of drug-likeness (QED) is 0.860. The normalized spacial score (nSPS) is 28.4. The van der Waals surface area contributed by atoms with Crippen molar-refractivity contribution < 1.29 is 9.84 Å². The van der Waals surface area contributed by atoms with E-state index >= 15 is 0 Å². The van der Waals surface area contributed by atoms with Gasteiger partial charge in [-0.05, 0) is 69.2 Å². The molecule has 4 heteroatoms. The maximum Gasteiger partial charge on any atom is 0.119 e. The fourth-order valence-corrected chi connectivity index (χ4v) is 4.87. The molecule has 1 saturated carbocycles. The van der Waals surface area contributed by atoms with E-state index in [2.05, 4.69) is 34.1 Å². The van der Waals surface area contributed by atoms with Crippen LogP contribution < -0.4 is 4.74 Å². The van der Waals surface area contributed by atoms with Gasteiger partial charge in [-0.15, -0.1) is 0 Å². The predicted octanol–water partition coefficient (Wildman–Crippen LogP) is 3.04. The number of piperazine rings is 1. The van der Waals surface area contributed by atoms with Crippen molar-refractivity contribution in [3.63, 3.8) is 0 Å². The molecule has 25 heavy (non-hydrogen) atoms. The van der Waals surface area contributed by atoms with Gasteiger partial charge in [-0.1, -0.05) is 12.1 Å². The number of aliphatic hydroxyl groups excluding tert-OH is 1. The smallest absolute Gasteiger partial charge is 0.119 e. The largest absolute Gasteiger partial charge is 0.490 e.